The molecule has 2 heterocycles. The highest BCUT2D eigenvalue weighted by Gasteiger charge is 2.19. The van der Waals surface area contributed by atoms with Crippen LogP contribution in [-0.2, 0) is 13.1 Å². The van der Waals surface area contributed by atoms with Gasteiger partial charge in [0.05, 0.1) is 6.54 Å². The minimum Gasteiger partial charge on any atom is -0.334 e. The molecule has 0 aliphatic carbocycles. The standard InChI is InChI=1S/C14H17N5O/c20-14(18-6-1-7-18)16-8-12-2-4-13(5-3-12)9-19-11-15-10-17-19/h2-5,10-11H,1,6-9H2,(H,16,20). The maximum Gasteiger partial charge on any atom is 0.317 e. The largest absolute Gasteiger partial charge is 0.334 e. The van der Waals surface area contributed by atoms with Crippen LogP contribution in [0.4, 0.5) is 4.79 Å². The van der Waals surface area contributed by atoms with E-state index in [1.807, 2.05) is 29.2 Å². The van der Waals surface area contributed by atoms with Gasteiger partial charge >= 0.3 is 6.03 Å². The van der Waals surface area contributed by atoms with Crippen LogP contribution in [0.3, 0.4) is 0 Å². The molecule has 20 heavy (non-hydrogen) atoms. The topological polar surface area (TPSA) is 63.1 Å². The number of carbonyl (C=O) groups excluding carboxylic acids is 1. The molecule has 0 unspecified atom stereocenters. The van der Waals surface area contributed by atoms with Gasteiger partial charge in [0.15, 0.2) is 0 Å². The number of urea groups is 1. The Morgan fingerprint density at radius 2 is 1.95 bits per heavy atom. The number of benzene rings is 1. The molecule has 1 aromatic carbocycles. The van der Waals surface area contributed by atoms with Crippen LogP contribution < -0.4 is 5.32 Å². The maximum atomic E-state index is 11.7. The van der Waals surface area contributed by atoms with Gasteiger partial charge in [-0.05, 0) is 17.5 Å². The molecule has 6 heteroatoms. The Kier molecular flexibility index (Phi) is 3.62. The van der Waals surface area contributed by atoms with Gasteiger partial charge in [-0.15, -0.1) is 0 Å². The van der Waals surface area contributed by atoms with Gasteiger partial charge in [-0.1, -0.05) is 24.3 Å². The van der Waals surface area contributed by atoms with Crippen LogP contribution in [-0.4, -0.2) is 38.8 Å². The molecule has 1 aliphatic heterocycles. The molecule has 0 bridgehead atoms. The summed E-state index contributed by atoms with van der Waals surface area (Å²) in [6.07, 6.45) is 4.34. The average molecular weight is 271 g/mol. The van der Waals surface area contributed by atoms with E-state index in [0.29, 0.717) is 13.1 Å². The number of hydrogen-bond donors (Lipinski definition) is 1. The second-order valence-electron chi connectivity index (χ2n) is 4.91. The number of nitrogens with zero attached hydrogens (tertiary/aromatic N) is 4. The quantitative estimate of drug-likeness (QED) is 0.910. The van der Waals surface area contributed by atoms with Gasteiger partial charge in [0, 0.05) is 19.6 Å². The van der Waals surface area contributed by atoms with E-state index in [4.69, 9.17) is 0 Å². The monoisotopic (exact) mass is 271 g/mol. The third kappa shape index (κ3) is 2.96. The second kappa shape index (κ2) is 5.73. The molecule has 2 amide bonds. The van der Waals surface area contributed by atoms with Crippen molar-refractivity contribution in [2.24, 2.45) is 0 Å². The van der Waals surface area contributed by atoms with E-state index < -0.39 is 0 Å². The lowest BCUT2D eigenvalue weighted by atomic mass is 10.1. The SMILES string of the molecule is O=C(NCc1ccc(Cn2cncn2)cc1)N1CCC1. The summed E-state index contributed by atoms with van der Waals surface area (Å²) in [5, 5.41) is 7.00. The van der Waals surface area contributed by atoms with E-state index in [9.17, 15) is 4.79 Å². The number of hydrogen-bond acceptors (Lipinski definition) is 3. The van der Waals surface area contributed by atoms with E-state index in [1.54, 1.807) is 11.0 Å². The van der Waals surface area contributed by atoms with Crippen LogP contribution >= 0.6 is 0 Å². The summed E-state index contributed by atoms with van der Waals surface area (Å²) in [6.45, 7) is 3.03. The van der Waals surface area contributed by atoms with Crippen molar-refractivity contribution in [3.8, 4) is 0 Å². The van der Waals surface area contributed by atoms with Crippen molar-refractivity contribution in [3.05, 3.63) is 48.0 Å². The highest BCUT2D eigenvalue weighted by molar-refractivity contribution is 5.74. The Morgan fingerprint density at radius 1 is 1.20 bits per heavy atom. The minimum absolute atomic E-state index is 0.0305. The molecule has 0 atom stereocenters. The molecule has 0 spiro atoms. The van der Waals surface area contributed by atoms with Gasteiger partial charge in [-0.25, -0.2) is 14.5 Å². The first-order valence-corrected chi connectivity index (χ1v) is 6.74. The summed E-state index contributed by atoms with van der Waals surface area (Å²) in [5.41, 5.74) is 2.26. The molecule has 0 radical (unpaired) electrons. The number of nitrogens with one attached hydrogen (secondary N) is 1. The predicted molar refractivity (Wildman–Crippen MR) is 74.0 cm³/mol. The van der Waals surface area contributed by atoms with Crippen molar-refractivity contribution in [2.45, 2.75) is 19.5 Å². The summed E-state index contributed by atoms with van der Waals surface area (Å²) in [4.78, 5) is 17.4. The summed E-state index contributed by atoms with van der Waals surface area (Å²) in [5.74, 6) is 0. The first-order chi connectivity index (χ1) is 9.81. The normalized spacial score (nSPS) is 13.9. The molecule has 1 N–H and O–H groups in total. The Balaban J connectivity index is 1.52. The molecule has 0 saturated carbocycles. The van der Waals surface area contributed by atoms with Gasteiger partial charge in [-0.2, -0.15) is 5.10 Å². The van der Waals surface area contributed by atoms with Crippen LogP contribution in [0.25, 0.3) is 0 Å². The van der Waals surface area contributed by atoms with E-state index in [2.05, 4.69) is 15.4 Å². The Bertz CT molecular complexity index is 560. The lowest BCUT2D eigenvalue weighted by Gasteiger charge is -2.30. The number of likely N-dealkylation sites (tertiary alicyclic amines) is 1. The number of aromatic nitrogens is 3. The van der Waals surface area contributed by atoms with Crippen molar-refractivity contribution >= 4 is 6.03 Å². The molecule has 1 fully saturated rings. The van der Waals surface area contributed by atoms with Gasteiger partial charge < -0.3 is 10.2 Å². The number of amides is 2. The number of rotatable bonds is 4. The second-order valence-corrected chi connectivity index (χ2v) is 4.91. The van der Waals surface area contributed by atoms with E-state index in [0.717, 1.165) is 30.6 Å². The van der Waals surface area contributed by atoms with Crippen LogP contribution in [0.5, 0.6) is 0 Å². The Hall–Kier alpha value is -2.37. The number of carbonyl (C=O) groups is 1. The van der Waals surface area contributed by atoms with Crippen molar-refractivity contribution in [1.82, 2.24) is 25.0 Å². The molecule has 1 aromatic heterocycles. The van der Waals surface area contributed by atoms with Crippen molar-refractivity contribution in [3.63, 3.8) is 0 Å². The molecule has 2 aromatic rings. The van der Waals surface area contributed by atoms with Crippen molar-refractivity contribution in [2.75, 3.05) is 13.1 Å². The fourth-order valence-electron chi connectivity index (χ4n) is 2.07. The zero-order chi connectivity index (χ0) is 13.8. The Morgan fingerprint density at radius 3 is 2.55 bits per heavy atom. The molecule has 104 valence electrons. The van der Waals surface area contributed by atoms with E-state index >= 15 is 0 Å². The van der Waals surface area contributed by atoms with Crippen LogP contribution in [0.2, 0.25) is 0 Å². The first kappa shape index (κ1) is 12.7. The van der Waals surface area contributed by atoms with E-state index in [-0.39, 0.29) is 6.03 Å². The Labute approximate surface area is 117 Å². The zero-order valence-corrected chi connectivity index (χ0v) is 11.2. The minimum atomic E-state index is 0.0305. The van der Waals surface area contributed by atoms with Crippen LogP contribution in [0.1, 0.15) is 17.5 Å². The van der Waals surface area contributed by atoms with E-state index in [1.165, 1.54) is 6.33 Å². The fourth-order valence-corrected chi connectivity index (χ4v) is 2.07. The third-order valence-corrected chi connectivity index (χ3v) is 3.42. The average Bonchev–Trinajstić information content (AvgIpc) is 2.89. The fraction of sp³-hybridized carbons (Fsp3) is 0.357. The summed E-state index contributed by atoms with van der Waals surface area (Å²) in [7, 11) is 0. The molecule has 6 nitrogen and oxygen atoms in total. The summed E-state index contributed by atoms with van der Waals surface area (Å²) in [6, 6.07) is 8.19. The van der Waals surface area contributed by atoms with Gasteiger partial charge in [0.25, 0.3) is 0 Å². The molecule has 1 saturated heterocycles. The maximum absolute atomic E-state index is 11.7. The molecular weight excluding hydrogens is 254 g/mol. The molecule has 3 rings (SSSR count). The summed E-state index contributed by atoms with van der Waals surface area (Å²) >= 11 is 0. The third-order valence-electron chi connectivity index (χ3n) is 3.42. The molecule has 1 aliphatic rings. The lowest BCUT2D eigenvalue weighted by molar-refractivity contribution is 0.167. The van der Waals surface area contributed by atoms with Gasteiger partial charge in [0.2, 0.25) is 0 Å². The summed E-state index contributed by atoms with van der Waals surface area (Å²) < 4.78 is 1.78. The van der Waals surface area contributed by atoms with Crippen LogP contribution in [0, 0.1) is 0 Å². The van der Waals surface area contributed by atoms with Gasteiger partial charge in [0.1, 0.15) is 12.7 Å². The van der Waals surface area contributed by atoms with Gasteiger partial charge in [-0.3, -0.25) is 0 Å². The predicted octanol–water partition coefficient (Wildman–Crippen LogP) is 1.24. The first-order valence-electron chi connectivity index (χ1n) is 6.74. The zero-order valence-electron chi connectivity index (χ0n) is 11.2. The molecular formula is C14H17N5O. The van der Waals surface area contributed by atoms with Crippen molar-refractivity contribution < 1.29 is 4.79 Å². The lowest BCUT2D eigenvalue weighted by Crippen LogP contribution is -2.47. The highest BCUT2D eigenvalue weighted by Crippen LogP contribution is 2.08. The van der Waals surface area contributed by atoms with Crippen molar-refractivity contribution in [1.29, 1.82) is 0 Å². The highest BCUT2D eigenvalue weighted by atomic mass is 16.2. The smallest absolute Gasteiger partial charge is 0.317 e. The van der Waals surface area contributed by atoms with Crippen LogP contribution in [0.15, 0.2) is 36.9 Å².